The van der Waals surface area contributed by atoms with Gasteiger partial charge < -0.3 is 5.73 Å². The van der Waals surface area contributed by atoms with Crippen LogP contribution in [0, 0.1) is 5.82 Å². The fraction of sp³-hybridized carbons (Fsp3) is 0.500. The molecule has 0 saturated carbocycles. The quantitative estimate of drug-likeness (QED) is 0.850. The van der Waals surface area contributed by atoms with Gasteiger partial charge in [0.15, 0.2) is 0 Å². The topological polar surface area (TPSA) is 60.2 Å². The number of halogens is 4. The summed E-state index contributed by atoms with van der Waals surface area (Å²) < 4.78 is 73.3. The van der Waals surface area contributed by atoms with Crippen LogP contribution < -0.4 is 5.73 Å². The molecule has 0 radical (unpaired) electrons. The first-order valence-electron chi connectivity index (χ1n) is 5.81. The molecule has 1 aromatic carbocycles. The van der Waals surface area contributed by atoms with Gasteiger partial charge in [0.25, 0.3) is 0 Å². The summed E-state index contributed by atoms with van der Waals surface area (Å²) in [6.45, 7) is 0. The van der Waals surface area contributed by atoms with Gasteiger partial charge in [0.05, 0.1) is 5.56 Å². The van der Waals surface area contributed by atoms with Crippen molar-refractivity contribution in [2.24, 2.45) is 5.73 Å². The van der Waals surface area contributed by atoms with Gasteiger partial charge in [-0.3, -0.25) is 0 Å². The number of sulfone groups is 1. The molecule has 1 rings (SSSR count). The van der Waals surface area contributed by atoms with Gasteiger partial charge in [-0.1, -0.05) is 12.1 Å². The van der Waals surface area contributed by atoms with Crippen LogP contribution >= 0.6 is 0 Å². The van der Waals surface area contributed by atoms with Crippen molar-refractivity contribution >= 4 is 9.84 Å². The van der Waals surface area contributed by atoms with E-state index < -0.39 is 33.4 Å². The maximum atomic E-state index is 13.8. The Hall–Kier alpha value is -1.15. The number of hydrogen-bond donors (Lipinski definition) is 1. The standard InChI is InChI=1S/C12H15F4NO2S/c1-20(18,19)7-3-6-10(17)8-4-2-5-9(11(8)13)12(14,15)16/h2,4-5,10H,3,6-7,17H2,1H3. The molecular weight excluding hydrogens is 298 g/mol. The predicted molar refractivity (Wildman–Crippen MR) is 67.3 cm³/mol. The summed E-state index contributed by atoms with van der Waals surface area (Å²) in [4.78, 5) is 0. The van der Waals surface area contributed by atoms with Crippen LogP contribution in [0.15, 0.2) is 18.2 Å². The van der Waals surface area contributed by atoms with Crippen LogP contribution in [0.5, 0.6) is 0 Å². The largest absolute Gasteiger partial charge is 0.419 e. The molecule has 20 heavy (non-hydrogen) atoms. The number of rotatable bonds is 5. The lowest BCUT2D eigenvalue weighted by Gasteiger charge is -2.16. The first-order chi connectivity index (χ1) is 9.02. The molecule has 0 saturated heterocycles. The summed E-state index contributed by atoms with van der Waals surface area (Å²) in [5.41, 5.74) is 4.01. The van der Waals surface area contributed by atoms with Gasteiger partial charge in [-0.15, -0.1) is 0 Å². The van der Waals surface area contributed by atoms with Gasteiger partial charge in [-0.2, -0.15) is 13.2 Å². The van der Waals surface area contributed by atoms with Gasteiger partial charge >= 0.3 is 6.18 Å². The maximum absolute atomic E-state index is 13.8. The van der Waals surface area contributed by atoms with Crippen molar-refractivity contribution < 1.29 is 26.0 Å². The van der Waals surface area contributed by atoms with E-state index in [4.69, 9.17) is 5.73 Å². The fourth-order valence-electron chi connectivity index (χ4n) is 1.78. The Morgan fingerprint density at radius 2 is 1.90 bits per heavy atom. The van der Waals surface area contributed by atoms with Crippen LogP contribution in [0.3, 0.4) is 0 Å². The van der Waals surface area contributed by atoms with Crippen molar-refractivity contribution in [3.63, 3.8) is 0 Å². The Morgan fingerprint density at radius 3 is 2.40 bits per heavy atom. The fourth-order valence-corrected chi connectivity index (χ4v) is 2.47. The highest BCUT2D eigenvalue weighted by molar-refractivity contribution is 7.90. The van der Waals surface area contributed by atoms with E-state index in [0.29, 0.717) is 6.07 Å². The van der Waals surface area contributed by atoms with Crippen LogP contribution in [-0.4, -0.2) is 20.4 Å². The van der Waals surface area contributed by atoms with E-state index in [9.17, 15) is 26.0 Å². The molecule has 1 aromatic rings. The minimum absolute atomic E-state index is 0.0886. The number of nitrogens with two attached hydrogens (primary N) is 1. The Labute approximate surface area is 114 Å². The maximum Gasteiger partial charge on any atom is 0.419 e. The molecule has 0 aliphatic rings. The lowest BCUT2D eigenvalue weighted by Crippen LogP contribution is -2.17. The van der Waals surface area contributed by atoms with Crippen molar-refractivity contribution in [3.8, 4) is 0 Å². The molecule has 0 aromatic heterocycles. The summed E-state index contributed by atoms with van der Waals surface area (Å²) in [7, 11) is -3.17. The Bertz CT molecular complexity index is 569. The van der Waals surface area contributed by atoms with E-state index in [1.807, 2.05) is 0 Å². The molecule has 1 atom stereocenters. The first kappa shape index (κ1) is 16.9. The average Bonchev–Trinajstić information content (AvgIpc) is 2.25. The van der Waals surface area contributed by atoms with Crippen molar-refractivity contribution in [2.45, 2.75) is 25.1 Å². The monoisotopic (exact) mass is 313 g/mol. The molecule has 1 unspecified atom stereocenters. The second-order valence-corrected chi connectivity index (χ2v) is 6.84. The first-order valence-corrected chi connectivity index (χ1v) is 7.87. The smallest absolute Gasteiger partial charge is 0.324 e. The number of benzene rings is 1. The van der Waals surface area contributed by atoms with E-state index in [1.54, 1.807) is 0 Å². The lowest BCUT2D eigenvalue weighted by atomic mass is 10.00. The van der Waals surface area contributed by atoms with E-state index >= 15 is 0 Å². The van der Waals surface area contributed by atoms with E-state index in [-0.39, 0.29) is 24.2 Å². The highest BCUT2D eigenvalue weighted by Crippen LogP contribution is 2.34. The third-order valence-electron chi connectivity index (χ3n) is 2.76. The molecular formula is C12H15F4NO2S. The van der Waals surface area contributed by atoms with Crippen LogP contribution in [0.4, 0.5) is 17.6 Å². The third-order valence-corrected chi connectivity index (χ3v) is 3.79. The molecule has 0 heterocycles. The van der Waals surface area contributed by atoms with E-state index in [0.717, 1.165) is 12.3 Å². The number of alkyl halides is 3. The predicted octanol–water partition coefficient (Wildman–Crippen LogP) is 2.67. The van der Waals surface area contributed by atoms with Crippen LogP contribution in [-0.2, 0) is 16.0 Å². The molecule has 114 valence electrons. The van der Waals surface area contributed by atoms with E-state index in [2.05, 4.69) is 0 Å². The molecule has 2 N–H and O–H groups in total. The van der Waals surface area contributed by atoms with Gasteiger partial charge in [-0.05, 0) is 18.9 Å². The minimum Gasteiger partial charge on any atom is -0.324 e. The summed E-state index contributed by atoms with van der Waals surface area (Å²) in [5.74, 6) is -1.53. The van der Waals surface area contributed by atoms with Crippen LogP contribution in [0.2, 0.25) is 0 Å². The normalized spacial score (nSPS) is 14.3. The average molecular weight is 313 g/mol. The molecule has 0 aliphatic heterocycles. The van der Waals surface area contributed by atoms with Crippen molar-refractivity contribution in [1.29, 1.82) is 0 Å². The molecule has 0 aliphatic carbocycles. The Balaban J connectivity index is 2.86. The van der Waals surface area contributed by atoms with Gasteiger partial charge in [0.1, 0.15) is 15.7 Å². The number of hydrogen-bond acceptors (Lipinski definition) is 3. The van der Waals surface area contributed by atoms with Crippen molar-refractivity contribution in [1.82, 2.24) is 0 Å². The van der Waals surface area contributed by atoms with Gasteiger partial charge in [-0.25, -0.2) is 12.8 Å². The van der Waals surface area contributed by atoms with Crippen molar-refractivity contribution in [3.05, 3.63) is 35.1 Å². The molecule has 0 amide bonds. The zero-order valence-electron chi connectivity index (χ0n) is 10.7. The summed E-state index contributed by atoms with van der Waals surface area (Å²) in [6, 6.07) is 1.93. The Kier molecular flexibility index (Phi) is 5.15. The lowest BCUT2D eigenvalue weighted by molar-refractivity contribution is -0.140. The highest BCUT2D eigenvalue weighted by Gasteiger charge is 2.35. The zero-order chi connectivity index (χ0) is 15.6. The molecule has 0 fully saturated rings. The molecule has 8 heteroatoms. The third kappa shape index (κ3) is 4.75. The second kappa shape index (κ2) is 6.09. The van der Waals surface area contributed by atoms with Gasteiger partial charge in [0, 0.05) is 23.6 Å². The van der Waals surface area contributed by atoms with Crippen LogP contribution in [0.25, 0.3) is 0 Å². The minimum atomic E-state index is -4.79. The molecule has 3 nitrogen and oxygen atoms in total. The highest BCUT2D eigenvalue weighted by atomic mass is 32.2. The second-order valence-electron chi connectivity index (χ2n) is 4.59. The summed E-state index contributed by atoms with van der Waals surface area (Å²) in [6.07, 6.45) is -3.49. The van der Waals surface area contributed by atoms with Crippen LogP contribution in [0.1, 0.15) is 30.0 Å². The Morgan fingerprint density at radius 1 is 1.30 bits per heavy atom. The van der Waals surface area contributed by atoms with Gasteiger partial charge in [0.2, 0.25) is 0 Å². The zero-order valence-corrected chi connectivity index (χ0v) is 11.6. The molecule has 0 spiro atoms. The molecule has 0 bridgehead atoms. The summed E-state index contributed by atoms with van der Waals surface area (Å²) in [5, 5.41) is 0. The SMILES string of the molecule is CS(=O)(=O)CCCC(N)c1cccc(C(F)(F)F)c1F. The van der Waals surface area contributed by atoms with E-state index in [1.165, 1.54) is 6.07 Å². The van der Waals surface area contributed by atoms with Crippen molar-refractivity contribution in [2.75, 3.05) is 12.0 Å². The summed E-state index contributed by atoms with van der Waals surface area (Å²) >= 11 is 0.